The van der Waals surface area contributed by atoms with Crippen molar-refractivity contribution in [2.45, 2.75) is 39.2 Å². The molecule has 1 fully saturated rings. The lowest BCUT2D eigenvalue weighted by Gasteiger charge is -2.32. The summed E-state index contributed by atoms with van der Waals surface area (Å²) in [6.07, 6.45) is 1.05. The highest BCUT2D eigenvalue weighted by Gasteiger charge is 2.25. The summed E-state index contributed by atoms with van der Waals surface area (Å²) in [5, 5.41) is 5.28. The van der Waals surface area contributed by atoms with Crippen molar-refractivity contribution in [3.8, 4) is 0 Å². The summed E-state index contributed by atoms with van der Waals surface area (Å²) in [7, 11) is 0. The third-order valence-corrected chi connectivity index (χ3v) is 5.08. The van der Waals surface area contributed by atoms with E-state index in [0.717, 1.165) is 17.3 Å². The van der Waals surface area contributed by atoms with E-state index in [-0.39, 0.29) is 18.4 Å². The molecule has 8 heteroatoms. The van der Waals surface area contributed by atoms with E-state index in [2.05, 4.69) is 26.6 Å². The predicted octanol–water partition coefficient (Wildman–Crippen LogP) is 2.94. The minimum atomic E-state index is -0.610. The number of nitrogens with zero attached hydrogens (tertiary/aromatic N) is 1. The molecule has 0 atom stereocenters. The number of likely N-dealkylation sites (tertiary alicyclic amines) is 1. The van der Waals surface area contributed by atoms with E-state index in [1.54, 1.807) is 20.8 Å². The van der Waals surface area contributed by atoms with Gasteiger partial charge in [-0.3, -0.25) is 9.59 Å². The summed E-state index contributed by atoms with van der Waals surface area (Å²) >= 11 is 3.42. The van der Waals surface area contributed by atoms with Gasteiger partial charge in [-0.2, -0.15) is 0 Å². The molecule has 1 aliphatic heterocycles. The van der Waals surface area contributed by atoms with Crippen LogP contribution in [0.4, 0.5) is 4.79 Å². The molecular weight excluding hydrogens is 426 g/mol. The van der Waals surface area contributed by atoms with Gasteiger partial charge < -0.3 is 20.3 Å². The average Bonchev–Trinajstić information content (AvgIpc) is 2.63. The third kappa shape index (κ3) is 7.14. The number of alkyl carbamates (subject to hydrolysis) is 1. The van der Waals surface area contributed by atoms with Crippen LogP contribution in [0, 0.1) is 5.92 Å². The van der Waals surface area contributed by atoms with Crippen molar-refractivity contribution < 1.29 is 19.1 Å². The molecule has 1 aromatic rings. The van der Waals surface area contributed by atoms with Crippen LogP contribution in [0.15, 0.2) is 28.7 Å². The number of ether oxygens (including phenoxy) is 1. The van der Waals surface area contributed by atoms with Crippen LogP contribution in [0.25, 0.3) is 0 Å². The molecule has 0 spiro atoms. The molecule has 7 nitrogen and oxygen atoms in total. The summed E-state index contributed by atoms with van der Waals surface area (Å²) in [4.78, 5) is 37.9. The van der Waals surface area contributed by atoms with Gasteiger partial charge in [0.2, 0.25) is 5.91 Å². The van der Waals surface area contributed by atoms with Crippen LogP contribution in [0.3, 0.4) is 0 Å². The number of piperidine rings is 1. The first-order valence-electron chi connectivity index (χ1n) is 9.43. The molecule has 154 valence electrons. The van der Waals surface area contributed by atoms with Gasteiger partial charge in [0.25, 0.3) is 5.91 Å². The Morgan fingerprint density at radius 3 is 2.39 bits per heavy atom. The Hall–Kier alpha value is -2.09. The smallest absolute Gasteiger partial charge is 0.408 e. The van der Waals surface area contributed by atoms with Crippen molar-refractivity contribution >= 4 is 33.8 Å². The standard InChI is InChI=1S/C20H28BrN3O4/c1-20(2,3)28-19(27)23-13-17(25)22-12-14-8-10-24(11-9-14)18(26)15-6-4-5-7-16(15)21/h4-7,14H,8-13H2,1-3H3,(H,22,25)(H,23,27). The second-order valence-corrected chi connectivity index (χ2v) is 8.73. The van der Waals surface area contributed by atoms with Crippen LogP contribution >= 0.6 is 15.9 Å². The molecule has 28 heavy (non-hydrogen) atoms. The van der Waals surface area contributed by atoms with Crippen LogP contribution in [0.2, 0.25) is 0 Å². The van der Waals surface area contributed by atoms with E-state index < -0.39 is 11.7 Å². The third-order valence-electron chi connectivity index (χ3n) is 4.39. The Morgan fingerprint density at radius 2 is 1.79 bits per heavy atom. The highest BCUT2D eigenvalue weighted by molar-refractivity contribution is 9.10. The molecule has 3 amide bonds. The normalized spacial score (nSPS) is 15.1. The van der Waals surface area contributed by atoms with E-state index in [1.807, 2.05) is 29.2 Å². The van der Waals surface area contributed by atoms with Gasteiger partial charge in [-0.15, -0.1) is 0 Å². The van der Waals surface area contributed by atoms with Crippen LogP contribution in [0.1, 0.15) is 44.0 Å². The first-order valence-corrected chi connectivity index (χ1v) is 10.2. The van der Waals surface area contributed by atoms with Crippen molar-refractivity contribution in [3.63, 3.8) is 0 Å². The summed E-state index contributed by atoms with van der Waals surface area (Å²) in [5.74, 6) is 0.0860. The maximum absolute atomic E-state index is 12.6. The maximum atomic E-state index is 12.6. The summed E-state index contributed by atoms with van der Waals surface area (Å²) in [6.45, 7) is 7.04. The fourth-order valence-corrected chi connectivity index (χ4v) is 3.39. The van der Waals surface area contributed by atoms with Gasteiger partial charge >= 0.3 is 6.09 Å². The summed E-state index contributed by atoms with van der Waals surface area (Å²) in [6, 6.07) is 7.41. The van der Waals surface area contributed by atoms with Crippen molar-refractivity contribution in [2.24, 2.45) is 5.92 Å². The highest BCUT2D eigenvalue weighted by Crippen LogP contribution is 2.22. The first kappa shape index (κ1) is 22.2. The molecule has 0 saturated carbocycles. The Kier molecular flexibility index (Phi) is 7.86. The first-order chi connectivity index (χ1) is 13.2. The molecule has 0 unspecified atom stereocenters. The van der Waals surface area contributed by atoms with E-state index in [1.165, 1.54) is 0 Å². The Labute approximate surface area is 174 Å². The minimum Gasteiger partial charge on any atom is -0.444 e. The molecule has 1 aliphatic rings. The molecule has 0 aromatic heterocycles. The number of rotatable bonds is 5. The SMILES string of the molecule is CC(C)(C)OC(=O)NCC(=O)NCC1CCN(C(=O)c2ccccc2Br)CC1. The van der Waals surface area contributed by atoms with E-state index in [9.17, 15) is 14.4 Å². The number of halogens is 1. The van der Waals surface area contributed by atoms with Crippen molar-refractivity contribution in [1.82, 2.24) is 15.5 Å². The Morgan fingerprint density at radius 1 is 1.14 bits per heavy atom. The average molecular weight is 454 g/mol. The van der Waals surface area contributed by atoms with Gasteiger partial charge in [-0.1, -0.05) is 12.1 Å². The number of carbonyl (C=O) groups excluding carboxylic acids is 3. The van der Waals surface area contributed by atoms with Gasteiger partial charge in [-0.05, 0) is 67.6 Å². The number of hydrogen-bond donors (Lipinski definition) is 2. The van der Waals surface area contributed by atoms with E-state index >= 15 is 0 Å². The number of carbonyl (C=O) groups is 3. The minimum absolute atomic E-state index is 0.0246. The molecule has 1 aromatic carbocycles. The number of nitrogens with one attached hydrogen (secondary N) is 2. The lowest BCUT2D eigenvalue weighted by molar-refractivity contribution is -0.120. The Bertz CT molecular complexity index is 710. The molecule has 2 N–H and O–H groups in total. The zero-order valence-electron chi connectivity index (χ0n) is 16.6. The largest absolute Gasteiger partial charge is 0.444 e. The summed E-state index contributed by atoms with van der Waals surface area (Å²) in [5.41, 5.74) is 0.0730. The lowest BCUT2D eigenvalue weighted by Crippen LogP contribution is -2.44. The van der Waals surface area contributed by atoms with Crippen LogP contribution in [-0.4, -0.2) is 54.6 Å². The van der Waals surface area contributed by atoms with Gasteiger partial charge in [0, 0.05) is 24.1 Å². The molecule has 2 rings (SSSR count). The van der Waals surface area contributed by atoms with Crippen LogP contribution in [-0.2, 0) is 9.53 Å². The molecule has 0 aliphatic carbocycles. The van der Waals surface area contributed by atoms with Crippen LogP contribution in [0.5, 0.6) is 0 Å². The second kappa shape index (κ2) is 9.91. The molecule has 0 radical (unpaired) electrons. The fourth-order valence-electron chi connectivity index (χ4n) is 2.93. The highest BCUT2D eigenvalue weighted by atomic mass is 79.9. The number of hydrogen-bond acceptors (Lipinski definition) is 4. The molecule has 1 saturated heterocycles. The topological polar surface area (TPSA) is 87.7 Å². The van der Waals surface area contributed by atoms with Crippen molar-refractivity contribution in [3.05, 3.63) is 34.3 Å². The predicted molar refractivity (Wildman–Crippen MR) is 110 cm³/mol. The van der Waals surface area contributed by atoms with Gasteiger partial charge in [0.15, 0.2) is 0 Å². The fraction of sp³-hybridized carbons (Fsp3) is 0.550. The molecule has 0 bridgehead atoms. The van der Waals surface area contributed by atoms with E-state index in [0.29, 0.717) is 31.1 Å². The maximum Gasteiger partial charge on any atom is 0.408 e. The molecule has 1 heterocycles. The van der Waals surface area contributed by atoms with Crippen LogP contribution < -0.4 is 10.6 Å². The zero-order valence-corrected chi connectivity index (χ0v) is 18.2. The Balaban J connectivity index is 1.68. The lowest BCUT2D eigenvalue weighted by atomic mass is 9.96. The molecular formula is C20H28BrN3O4. The summed E-state index contributed by atoms with van der Waals surface area (Å²) < 4.78 is 5.89. The number of amides is 3. The zero-order chi connectivity index (χ0) is 20.7. The number of benzene rings is 1. The van der Waals surface area contributed by atoms with E-state index in [4.69, 9.17) is 4.74 Å². The second-order valence-electron chi connectivity index (χ2n) is 7.87. The monoisotopic (exact) mass is 453 g/mol. The van der Waals surface area contributed by atoms with Gasteiger partial charge in [0.1, 0.15) is 5.60 Å². The van der Waals surface area contributed by atoms with Gasteiger partial charge in [-0.25, -0.2) is 4.79 Å². The van der Waals surface area contributed by atoms with Crippen molar-refractivity contribution in [1.29, 1.82) is 0 Å². The van der Waals surface area contributed by atoms with Crippen molar-refractivity contribution in [2.75, 3.05) is 26.2 Å². The van der Waals surface area contributed by atoms with Gasteiger partial charge in [0.05, 0.1) is 12.1 Å². The quantitative estimate of drug-likeness (QED) is 0.716.